The first-order valence-electron chi connectivity index (χ1n) is 5.84. The highest BCUT2D eigenvalue weighted by atomic mass is 79.9. The molecule has 0 radical (unpaired) electrons. The van der Waals surface area contributed by atoms with Crippen molar-refractivity contribution in [1.82, 2.24) is 14.8 Å². The predicted molar refractivity (Wildman–Crippen MR) is 89.0 cm³/mol. The molecule has 3 rings (SSSR count). The summed E-state index contributed by atoms with van der Waals surface area (Å²) in [5, 5.41) is 8.86. The lowest BCUT2D eigenvalue weighted by Gasteiger charge is -2.11. The Balaban J connectivity index is 1.97. The van der Waals surface area contributed by atoms with E-state index in [0.29, 0.717) is 10.6 Å². The minimum Gasteiger partial charge on any atom is -0.319 e. The number of amides is 1. The van der Waals surface area contributed by atoms with E-state index in [9.17, 15) is 4.79 Å². The maximum Gasteiger partial charge on any atom is 0.266 e. The Bertz CT molecular complexity index is 785. The van der Waals surface area contributed by atoms with E-state index in [1.807, 2.05) is 29.6 Å². The summed E-state index contributed by atoms with van der Waals surface area (Å²) in [6.45, 7) is 0. The van der Waals surface area contributed by atoms with Crippen LogP contribution in [0.4, 0.5) is 5.69 Å². The highest BCUT2D eigenvalue weighted by molar-refractivity contribution is 9.10. The molecule has 3 aromatic rings. The minimum atomic E-state index is -0.170. The van der Waals surface area contributed by atoms with Crippen molar-refractivity contribution in [3.05, 3.63) is 56.1 Å². The zero-order chi connectivity index (χ0) is 14.8. The molecular formula is C13H8Br2N4OS. The van der Waals surface area contributed by atoms with Gasteiger partial charge in [-0.1, -0.05) is 15.9 Å². The van der Waals surface area contributed by atoms with E-state index in [4.69, 9.17) is 0 Å². The molecule has 0 bridgehead atoms. The Labute approximate surface area is 141 Å². The second-order valence-electron chi connectivity index (χ2n) is 4.05. The normalized spacial score (nSPS) is 10.6. The summed E-state index contributed by atoms with van der Waals surface area (Å²) in [6.07, 6.45) is 3.03. The van der Waals surface area contributed by atoms with E-state index in [1.165, 1.54) is 17.7 Å². The molecule has 0 saturated carbocycles. The third-order valence-electron chi connectivity index (χ3n) is 2.70. The number of rotatable bonds is 3. The van der Waals surface area contributed by atoms with Crippen molar-refractivity contribution in [1.29, 1.82) is 0 Å². The van der Waals surface area contributed by atoms with Crippen LogP contribution in [0.15, 0.2) is 51.2 Å². The van der Waals surface area contributed by atoms with Crippen LogP contribution in [-0.2, 0) is 0 Å². The molecule has 2 heterocycles. The van der Waals surface area contributed by atoms with Gasteiger partial charge in [0.25, 0.3) is 5.91 Å². The van der Waals surface area contributed by atoms with Gasteiger partial charge in [-0.05, 0) is 45.6 Å². The molecule has 0 aliphatic rings. The molecule has 0 spiro atoms. The van der Waals surface area contributed by atoms with Crippen LogP contribution < -0.4 is 5.32 Å². The number of thiophene rings is 1. The van der Waals surface area contributed by atoms with Crippen LogP contribution in [0.3, 0.4) is 0 Å². The van der Waals surface area contributed by atoms with Crippen molar-refractivity contribution in [2.75, 3.05) is 5.32 Å². The molecule has 8 heteroatoms. The lowest BCUT2D eigenvalue weighted by molar-refractivity contribution is 0.103. The first kappa shape index (κ1) is 14.4. The molecule has 0 fully saturated rings. The third-order valence-corrected chi connectivity index (χ3v) is 5.03. The Kier molecular flexibility index (Phi) is 4.18. The average Bonchev–Trinajstić information content (AvgIpc) is 3.10. The molecule has 0 unspecified atom stereocenters. The SMILES string of the molecule is O=C(Nc1cc(Br)ccc1-n1cncn1)c1sccc1Br. The summed E-state index contributed by atoms with van der Waals surface area (Å²) in [4.78, 5) is 16.9. The second kappa shape index (κ2) is 6.08. The van der Waals surface area contributed by atoms with E-state index < -0.39 is 0 Å². The lowest BCUT2D eigenvalue weighted by Crippen LogP contribution is -2.13. The fourth-order valence-electron chi connectivity index (χ4n) is 1.78. The monoisotopic (exact) mass is 426 g/mol. The number of benzene rings is 1. The Morgan fingerprint density at radius 2 is 2.14 bits per heavy atom. The van der Waals surface area contributed by atoms with Gasteiger partial charge in [0.1, 0.15) is 17.5 Å². The van der Waals surface area contributed by atoms with Gasteiger partial charge in [-0.2, -0.15) is 5.10 Å². The van der Waals surface area contributed by atoms with Gasteiger partial charge in [0.05, 0.1) is 11.4 Å². The second-order valence-corrected chi connectivity index (χ2v) is 6.74. The molecule has 21 heavy (non-hydrogen) atoms. The molecule has 1 amide bonds. The molecule has 106 valence electrons. The summed E-state index contributed by atoms with van der Waals surface area (Å²) in [5.41, 5.74) is 1.40. The van der Waals surface area contributed by atoms with Crippen molar-refractivity contribution in [3.8, 4) is 5.69 Å². The van der Waals surface area contributed by atoms with Crippen molar-refractivity contribution in [3.63, 3.8) is 0 Å². The summed E-state index contributed by atoms with van der Waals surface area (Å²) < 4.78 is 3.25. The molecule has 0 saturated heterocycles. The maximum atomic E-state index is 12.3. The number of aromatic nitrogens is 3. The van der Waals surface area contributed by atoms with Crippen molar-refractivity contribution in [2.24, 2.45) is 0 Å². The first-order chi connectivity index (χ1) is 10.1. The average molecular weight is 428 g/mol. The topological polar surface area (TPSA) is 59.8 Å². The van der Waals surface area contributed by atoms with Crippen molar-refractivity contribution < 1.29 is 4.79 Å². The molecular weight excluding hydrogens is 420 g/mol. The number of nitrogens with one attached hydrogen (secondary N) is 1. The number of halogens is 2. The lowest BCUT2D eigenvalue weighted by atomic mass is 10.2. The molecule has 0 aliphatic carbocycles. The van der Waals surface area contributed by atoms with Crippen LogP contribution in [0.5, 0.6) is 0 Å². The zero-order valence-corrected chi connectivity index (χ0v) is 14.4. The molecule has 5 nitrogen and oxygen atoms in total. The first-order valence-corrected chi connectivity index (χ1v) is 8.30. The van der Waals surface area contributed by atoms with E-state index >= 15 is 0 Å². The largest absolute Gasteiger partial charge is 0.319 e. The predicted octanol–water partition coefficient (Wildman–Crippen LogP) is 4.11. The van der Waals surface area contributed by atoms with Gasteiger partial charge in [0, 0.05) is 8.95 Å². The Morgan fingerprint density at radius 3 is 2.81 bits per heavy atom. The van der Waals surface area contributed by atoms with Crippen molar-refractivity contribution in [2.45, 2.75) is 0 Å². The smallest absolute Gasteiger partial charge is 0.266 e. The fourth-order valence-corrected chi connectivity index (χ4v) is 3.58. The van der Waals surface area contributed by atoms with Gasteiger partial charge >= 0.3 is 0 Å². The number of anilines is 1. The highest BCUT2D eigenvalue weighted by Gasteiger charge is 2.14. The number of nitrogens with zero attached hydrogens (tertiary/aromatic N) is 3. The van der Waals surface area contributed by atoms with Crippen LogP contribution in [0.1, 0.15) is 9.67 Å². The van der Waals surface area contributed by atoms with Gasteiger partial charge in [0.15, 0.2) is 0 Å². The highest BCUT2D eigenvalue weighted by Crippen LogP contribution is 2.27. The quantitative estimate of drug-likeness (QED) is 0.684. The van der Waals surface area contributed by atoms with Crippen LogP contribution in [-0.4, -0.2) is 20.7 Å². The third kappa shape index (κ3) is 3.07. The molecule has 1 aromatic carbocycles. The molecule has 1 N–H and O–H groups in total. The van der Waals surface area contributed by atoms with Crippen LogP contribution in [0, 0.1) is 0 Å². The fraction of sp³-hybridized carbons (Fsp3) is 0. The van der Waals surface area contributed by atoms with Crippen LogP contribution >= 0.6 is 43.2 Å². The number of hydrogen-bond acceptors (Lipinski definition) is 4. The van der Waals surface area contributed by atoms with Gasteiger partial charge in [-0.3, -0.25) is 4.79 Å². The summed E-state index contributed by atoms with van der Waals surface area (Å²) in [6, 6.07) is 7.42. The van der Waals surface area contributed by atoms with Crippen LogP contribution in [0.2, 0.25) is 0 Å². The van der Waals surface area contributed by atoms with E-state index in [0.717, 1.165) is 14.6 Å². The summed E-state index contributed by atoms with van der Waals surface area (Å²) in [5.74, 6) is -0.170. The van der Waals surface area contributed by atoms with Gasteiger partial charge in [-0.25, -0.2) is 9.67 Å². The minimum absolute atomic E-state index is 0.170. The van der Waals surface area contributed by atoms with E-state index in [1.54, 1.807) is 11.0 Å². The zero-order valence-electron chi connectivity index (χ0n) is 10.5. The molecule has 0 atom stereocenters. The number of carbonyl (C=O) groups is 1. The summed E-state index contributed by atoms with van der Waals surface area (Å²) in [7, 11) is 0. The molecule has 2 aromatic heterocycles. The Morgan fingerprint density at radius 1 is 1.29 bits per heavy atom. The number of carbonyl (C=O) groups excluding carboxylic acids is 1. The molecule has 0 aliphatic heterocycles. The van der Waals surface area contributed by atoms with E-state index in [2.05, 4.69) is 47.3 Å². The van der Waals surface area contributed by atoms with Gasteiger partial charge in [0.2, 0.25) is 0 Å². The van der Waals surface area contributed by atoms with E-state index in [-0.39, 0.29) is 5.91 Å². The van der Waals surface area contributed by atoms with Crippen LogP contribution in [0.25, 0.3) is 5.69 Å². The van der Waals surface area contributed by atoms with Gasteiger partial charge < -0.3 is 5.32 Å². The Hall–Kier alpha value is -1.51. The summed E-state index contributed by atoms with van der Waals surface area (Å²) >= 11 is 8.15. The van der Waals surface area contributed by atoms with Crippen molar-refractivity contribution >= 4 is 54.8 Å². The maximum absolute atomic E-state index is 12.3. The standard InChI is InChI=1S/C13H8Br2N4OS/c14-8-1-2-11(19-7-16-6-17-19)10(5-8)18-13(20)12-9(15)3-4-21-12/h1-7H,(H,18,20). The number of hydrogen-bond donors (Lipinski definition) is 1. The van der Waals surface area contributed by atoms with Gasteiger partial charge in [-0.15, -0.1) is 11.3 Å².